The summed E-state index contributed by atoms with van der Waals surface area (Å²) in [5.41, 5.74) is 1.55. The molecule has 0 saturated carbocycles. The zero-order chi connectivity index (χ0) is 17.4. The van der Waals surface area contributed by atoms with Crippen molar-refractivity contribution in [3.8, 4) is 11.3 Å². The lowest BCUT2D eigenvalue weighted by molar-refractivity contribution is 0.0663. The summed E-state index contributed by atoms with van der Waals surface area (Å²) in [5, 5.41) is 11.4. The van der Waals surface area contributed by atoms with E-state index >= 15 is 0 Å². The number of rotatable bonds is 4. The van der Waals surface area contributed by atoms with Crippen LogP contribution in [0.15, 0.2) is 52.5 Å². The number of hydrogen-bond acceptors (Lipinski definition) is 6. The number of furan rings is 1. The van der Waals surface area contributed by atoms with Crippen LogP contribution in [0.1, 0.15) is 33.4 Å². The molecule has 0 radical (unpaired) electrons. The SMILES string of the molecule is CCN1C(=O)c2ccc(-c3ccc(C=Nn4cnnc4)o3)cc2C1=O. The number of benzene rings is 1. The van der Waals surface area contributed by atoms with Gasteiger partial charge in [-0.25, -0.2) is 4.68 Å². The number of fused-ring (bicyclic) bond motifs is 1. The van der Waals surface area contributed by atoms with Gasteiger partial charge in [0.25, 0.3) is 11.8 Å². The molecule has 0 fully saturated rings. The Bertz CT molecular complexity index is 988. The zero-order valence-electron chi connectivity index (χ0n) is 13.3. The highest BCUT2D eigenvalue weighted by Crippen LogP contribution is 2.29. The summed E-state index contributed by atoms with van der Waals surface area (Å²) < 4.78 is 7.18. The van der Waals surface area contributed by atoms with Crippen LogP contribution < -0.4 is 0 Å². The number of aromatic nitrogens is 3. The largest absolute Gasteiger partial charge is 0.455 e. The fraction of sp³-hybridized carbons (Fsp3) is 0.118. The molecule has 1 aromatic carbocycles. The standard InChI is InChI=1S/C17H13N5O3/c1-2-22-16(23)13-5-3-11(7-14(13)17(22)24)15-6-4-12(25-15)8-20-21-9-18-19-10-21/h3-10H,2H2,1H3. The van der Waals surface area contributed by atoms with Gasteiger partial charge in [-0.3, -0.25) is 14.5 Å². The van der Waals surface area contributed by atoms with Crippen molar-refractivity contribution in [3.05, 3.63) is 59.9 Å². The Morgan fingerprint density at radius 1 is 1.08 bits per heavy atom. The van der Waals surface area contributed by atoms with Gasteiger partial charge in [0.2, 0.25) is 0 Å². The van der Waals surface area contributed by atoms with Gasteiger partial charge in [-0.05, 0) is 31.2 Å². The number of carbonyl (C=O) groups is 2. The lowest BCUT2D eigenvalue weighted by atomic mass is 10.0. The predicted octanol–water partition coefficient (Wildman–Crippen LogP) is 2.04. The van der Waals surface area contributed by atoms with Crippen LogP contribution >= 0.6 is 0 Å². The second-order valence-electron chi connectivity index (χ2n) is 5.40. The van der Waals surface area contributed by atoms with E-state index in [1.807, 2.05) is 0 Å². The molecule has 0 bridgehead atoms. The van der Waals surface area contributed by atoms with E-state index in [0.717, 1.165) is 5.56 Å². The molecule has 8 heteroatoms. The highest BCUT2D eigenvalue weighted by molar-refractivity contribution is 6.21. The Kier molecular flexibility index (Phi) is 3.50. The van der Waals surface area contributed by atoms with Crippen LogP contribution in [0, 0.1) is 0 Å². The molecule has 124 valence electrons. The highest BCUT2D eigenvalue weighted by Gasteiger charge is 2.34. The number of carbonyl (C=O) groups excluding carboxylic acids is 2. The Hall–Kier alpha value is -3.55. The van der Waals surface area contributed by atoms with Gasteiger partial charge in [0.1, 0.15) is 24.2 Å². The van der Waals surface area contributed by atoms with Gasteiger partial charge in [-0.15, -0.1) is 10.2 Å². The summed E-state index contributed by atoms with van der Waals surface area (Å²) in [4.78, 5) is 25.7. The van der Waals surface area contributed by atoms with Gasteiger partial charge < -0.3 is 4.42 Å². The maximum atomic E-state index is 12.3. The second-order valence-corrected chi connectivity index (χ2v) is 5.40. The molecular weight excluding hydrogens is 322 g/mol. The van der Waals surface area contributed by atoms with Crippen LogP contribution in [-0.4, -0.2) is 44.3 Å². The van der Waals surface area contributed by atoms with E-state index in [1.54, 1.807) is 37.3 Å². The van der Waals surface area contributed by atoms with Crippen LogP contribution in [-0.2, 0) is 0 Å². The fourth-order valence-corrected chi connectivity index (χ4v) is 2.69. The molecule has 4 rings (SSSR count). The number of nitrogens with zero attached hydrogens (tertiary/aromatic N) is 5. The summed E-state index contributed by atoms with van der Waals surface area (Å²) in [6.45, 7) is 2.13. The van der Waals surface area contributed by atoms with Crippen LogP contribution in [0.4, 0.5) is 0 Å². The Morgan fingerprint density at radius 2 is 1.84 bits per heavy atom. The first-order valence-electron chi connectivity index (χ1n) is 7.67. The molecule has 3 aromatic rings. The average Bonchev–Trinajstić information content (AvgIpc) is 3.35. The van der Waals surface area contributed by atoms with Crippen molar-refractivity contribution in [2.75, 3.05) is 6.54 Å². The molecule has 2 amide bonds. The van der Waals surface area contributed by atoms with Crippen LogP contribution in [0.3, 0.4) is 0 Å². The van der Waals surface area contributed by atoms with E-state index in [4.69, 9.17) is 4.42 Å². The van der Waals surface area contributed by atoms with Gasteiger partial charge in [0, 0.05) is 12.1 Å². The lowest BCUT2D eigenvalue weighted by Gasteiger charge is -2.08. The van der Waals surface area contributed by atoms with Crippen molar-refractivity contribution < 1.29 is 14.0 Å². The summed E-state index contributed by atoms with van der Waals surface area (Å²) in [6, 6.07) is 8.66. The summed E-state index contributed by atoms with van der Waals surface area (Å²) >= 11 is 0. The smallest absolute Gasteiger partial charge is 0.261 e. The quantitative estimate of drug-likeness (QED) is 0.537. The van der Waals surface area contributed by atoms with E-state index in [0.29, 0.717) is 29.2 Å². The van der Waals surface area contributed by atoms with Crippen molar-refractivity contribution in [3.63, 3.8) is 0 Å². The first kappa shape index (κ1) is 15.0. The molecule has 25 heavy (non-hydrogen) atoms. The monoisotopic (exact) mass is 335 g/mol. The Labute approximate surface area is 142 Å². The third-order valence-electron chi connectivity index (χ3n) is 3.92. The van der Waals surface area contributed by atoms with Crippen LogP contribution in [0.25, 0.3) is 11.3 Å². The van der Waals surface area contributed by atoms with Gasteiger partial charge in [0.05, 0.1) is 17.3 Å². The van der Waals surface area contributed by atoms with Gasteiger partial charge in [-0.2, -0.15) is 5.10 Å². The van der Waals surface area contributed by atoms with E-state index in [9.17, 15) is 9.59 Å². The molecule has 8 nitrogen and oxygen atoms in total. The highest BCUT2D eigenvalue weighted by atomic mass is 16.3. The summed E-state index contributed by atoms with van der Waals surface area (Å²) in [7, 11) is 0. The van der Waals surface area contributed by atoms with Crippen molar-refractivity contribution in [2.45, 2.75) is 6.92 Å². The molecule has 3 heterocycles. The van der Waals surface area contributed by atoms with Crippen molar-refractivity contribution >= 4 is 18.0 Å². The van der Waals surface area contributed by atoms with E-state index < -0.39 is 0 Å². The Balaban J connectivity index is 1.63. The molecule has 0 atom stereocenters. The summed E-state index contributed by atoms with van der Waals surface area (Å²) in [5.74, 6) is 0.602. The molecule has 0 unspecified atom stereocenters. The first-order chi connectivity index (χ1) is 12.2. The number of imide groups is 1. The minimum Gasteiger partial charge on any atom is -0.455 e. The minimum atomic E-state index is -0.273. The van der Waals surface area contributed by atoms with Crippen molar-refractivity contribution in [2.24, 2.45) is 5.10 Å². The lowest BCUT2D eigenvalue weighted by Crippen LogP contribution is -2.29. The average molecular weight is 335 g/mol. The van der Waals surface area contributed by atoms with E-state index in [2.05, 4.69) is 15.3 Å². The molecule has 2 aromatic heterocycles. The zero-order valence-corrected chi connectivity index (χ0v) is 13.3. The predicted molar refractivity (Wildman–Crippen MR) is 88.2 cm³/mol. The van der Waals surface area contributed by atoms with Crippen molar-refractivity contribution in [1.29, 1.82) is 0 Å². The molecule has 0 N–H and O–H groups in total. The van der Waals surface area contributed by atoms with E-state index in [1.165, 1.54) is 28.4 Å². The fourth-order valence-electron chi connectivity index (χ4n) is 2.69. The van der Waals surface area contributed by atoms with E-state index in [-0.39, 0.29) is 11.8 Å². The molecule has 0 aliphatic carbocycles. The third kappa shape index (κ3) is 2.53. The van der Waals surface area contributed by atoms with Crippen molar-refractivity contribution in [1.82, 2.24) is 19.8 Å². The normalized spacial score (nSPS) is 13.9. The molecular formula is C17H13N5O3. The number of hydrogen-bond donors (Lipinski definition) is 0. The molecule has 1 aliphatic heterocycles. The minimum absolute atomic E-state index is 0.254. The molecule has 0 spiro atoms. The maximum Gasteiger partial charge on any atom is 0.261 e. The maximum absolute atomic E-state index is 12.3. The summed E-state index contributed by atoms with van der Waals surface area (Å²) in [6.07, 6.45) is 4.46. The van der Waals surface area contributed by atoms with Gasteiger partial charge >= 0.3 is 0 Å². The first-order valence-corrected chi connectivity index (χ1v) is 7.67. The van der Waals surface area contributed by atoms with Gasteiger partial charge in [0.15, 0.2) is 0 Å². The topological polar surface area (TPSA) is 93.6 Å². The molecule has 0 saturated heterocycles. The molecule has 1 aliphatic rings. The number of amides is 2. The third-order valence-corrected chi connectivity index (χ3v) is 3.92. The second kappa shape index (κ2) is 5.82. The Morgan fingerprint density at radius 3 is 2.60 bits per heavy atom. The van der Waals surface area contributed by atoms with Crippen LogP contribution in [0.2, 0.25) is 0 Å². The van der Waals surface area contributed by atoms with Gasteiger partial charge in [-0.1, -0.05) is 6.07 Å². The van der Waals surface area contributed by atoms with Crippen LogP contribution in [0.5, 0.6) is 0 Å².